The number of thioether (sulfide) groups is 1. The monoisotopic (exact) mass is 499 g/mol. The van der Waals surface area contributed by atoms with E-state index in [1.54, 1.807) is 6.07 Å². The molecule has 4 rings (SSSR count). The van der Waals surface area contributed by atoms with E-state index in [-0.39, 0.29) is 17.8 Å². The SMILES string of the molecule is Cc1ccc(Cl)c(OC(C)c2nnc(SCC(=O)Nc3nc(-c4ccccc4)cs3)n2C)c1. The number of hydrogen-bond acceptors (Lipinski definition) is 7. The van der Waals surface area contributed by atoms with Crippen molar-refractivity contribution >= 4 is 45.7 Å². The van der Waals surface area contributed by atoms with Gasteiger partial charge in [0.05, 0.1) is 16.5 Å². The Morgan fingerprint density at radius 1 is 1.24 bits per heavy atom. The molecular weight excluding hydrogens is 478 g/mol. The highest BCUT2D eigenvalue weighted by atomic mass is 35.5. The van der Waals surface area contributed by atoms with Crippen molar-refractivity contribution in [3.8, 4) is 17.0 Å². The molecule has 33 heavy (non-hydrogen) atoms. The van der Waals surface area contributed by atoms with Gasteiger partial charge in [0.1, 0.15) is 5.75 Å². The Kier molecular flexibility index (Phi) is 7.32. The Morgan fingerprint density at radius 3 is 2.82 bits per heavy atom. The number of benzene rings is 2. The number of carbonyl (C=O) groups is 1. The van der Waals surface area contributed by atoms with E-state index in [1.807, 2.05) is 73.3 Å². The van der Waals surface area contributed by atoms with E-state index in [0.717, 1.165) is 16.8 Å². The molecule has 0 fully saturated rings. The van der Waals surface area contributed by atoms with Crippen LogP contribution in [0.5, 0.6) is 5.75 Å². The van der Waals surface area contributed by atoms with E-state index in [0.29, 0.717) is 26.9 Å². The molecule has 2 aromatic carbocycles. The van der Waals surface area contributed by atoms with E-state index >= 15 is 0 Å². The second kappa shape index (κ2) is 10.4. The number of aryl methyl sites for hydroxylation is 1. The van der Waals surface area contributed by atoms with Crippen LogP contribution < -0.4 is 10.1 Å². The van der Waals surface area contributed by atoms with Crippen LogP contribution in [0, 0.1) is 6.92 Å². The lowest BCUT2D eigenvalue weighted by molar-refractivity contribution is -0.113. The molecule has 7 nitrogen and oxygen atoms in total. The van der Waals surface area contributed by atoms with Gasteiger partial charge < -0.3 is 14.6 Å². The molecule has 1 atom stereocenters. The molecule has 0 aliphatic rings. The van der Waals surface area contributed by atoms with Gasteiger partial charge in [-0.2, -0.15) is 0 Å². The fourth-order valence-electron chi connectivity index (χ4n) is 3.11. The van der Waals surface area contributed by atoms with Gasteiger partial charge in [0.25, 0.3) is 0 Å². The van der Waals surface area contributed by atoms with Crippen LogP contribution in [0.4, 0.5) is 5.13 Å². The lowest BCUT2D eigenvalue weighted by atomic mass is 10.2. The van der Waals surface area contributed by atoms with Crippen LogP contribution in [-0.2, 0) is 11.8 Å². The molecule has 10 heteroatoms. The molecule has 0 radical (unpaired) electrons. The quantitative estimate of drug-likeness (QED) is 0.310. The lowest BCUT2D eigenvalue weighted by Gasteiger charge is -2.15. The Bertz CT molecular complexity index is 1260. The predicted molar refractivity (Wildman–Crippen MR) is 133 cm³/mol. The van der Waals surface area contributed by atoms with Crippen molar-refractivity contribution < 1.29 is 9.53 Å². The zero-order valence-corrected chi connectivity index (χ0v) is 20.7. The molecule has 4 aromatic rings. The molecule has 0 bridgehead atoms. The van der Waals surface area contributed by atoms with Gasteiger partial charge >= 0.3 is 0 Å². The zero-order valence-electron chi connectivity index (χ0n) is 18.3. The third kappa shape index (κ3) is 5.73. The molecule has 170 valence electrons. The predicted octanol–water partition coefficient (Wildman–Crippen LogP) is 5.77. The van der Waals surface area contributed by atoms with Crippen LogP contribution in [0.15, 0.2) is 59.1 Å². The number of hydrogen-bond donors (Lipinski definition) is 1. The maximum atomic E-state index is 12.4. The van der Waals surface area contributed by atoms with Gasteiger partial charge in [0.2, 0.25) is 5.91 Å². The summed E-state index contributed by atoms with van der Waals surface area (Å²) in [6, 6.07) is 15.5. The number of halogens is 1. The molecule has 0 saturated heterocycles. The van der Waals surface area contributed by atoms with Crippen molar-refractivity contribution in [2.24, 2.45) is 7.05 Å². The van der Waals surface area contributed by atoms with Gasteiger partial charge in [0, 0.05) is 18.0 Å². The number of nitrogens with zero attached hydrogens (tertiary/aromatic N) is 4. The first-order valence-corrected chi connectivity index (χ1v) is 12.4. The van der Waals surface area contributed by atoms with Crippen LogP contribution >= 0.6 is 34.7 Å². The number of thiazole rings is 1. The summed E-state index contributed by atoms with van der Waals surface area (Å²) in [5.74, 6) is 1.27. The third-order valence-corrected chi connectivity index (χ3v) is 6.87. The van der Waals surface area contributed by atoms with E-state index in [2.05, 4.69) is 20.5 Å². The number of ether oxygens (including phenoxy) is 1. The van der Waals surface area contributed by atoms with Gasteiger partial charge in [-0.1, -0.05) is 59.8 Å². The number of amides is 1. The summed E-state index contributed by atoms with van der Waals surface area (Å²) < 4.78 is 7.82. The van der Waals surface area contributed by atoms with Gasteiger partial charge in [-0.15, -0.1) is 21.5 Å². The minimum Gasteiger partial charge on any atom is -0.481 e. The van der Waals surface area contributed by atoms with E-state index in [4.69, 9.17) is 16.3 Å². The molecule has 1 unspecified atom stereocenters. The van der Waals surface area contributed by atoms with Crippen molar-refractivity contribution in [1.82, 2.24) is 19.7 Å². The second-order valence-electron chi connectivity index (χ2n) is 7.33. The highest BCUT2D eigenvalue weighted by molar-refractivity contribution is 7.99. The van der Waals surface area contributed by atoms with Crippen LogP contribution in [0.2, 0.25) is 5.02 Å². The van der Waals surface area contributed by atoms with Crippen molar-refractivity contribution in [1.29, 1.82) is 0 Å². The first kappa shape index (κ1) is 23.3. The molecular formula is C23H22ClN5O2S2. The molecule has 1 N–H and O–H groups in total. The highest BCUT2D eigenvalue weighted by Gasteiger charge is 2.19. The first-order valence-electron chi connectivity index (χ1n) is 10.2. The standard InChI is InChI=1S/C23H22ClN5O2S2/c1-14-9-10-17(24)19(11-14)31-15(2)21-27-28-23(29(21)3)33-13-20(30)26-22-25-18(12-32-22)16-7-5-4-6-8-16/h4-12,15H,13H2,1-3H3,(H,25,26,30). The fraction of sp³-hybridized carbons (Fsp3) is 0.217. The molecule has 2 heterocycles. The average Bonchev–Trinajstić information content (AvgIpc) is 3.42. The molecule has 0 aliphatic heterocycles. The summed E-state index contributed by atoms with van der Waals surface area (Å²) in [4.78, 5) is 16.9. The van der Waals surface area contributed by atoms with E-state index in [9.17, 15) is 4.79 Å². The van der Waals surface area contributed by atoms with Gasteiger partial charge in [-0.3, -0.25) is 4.79 Å². The maximum Gasteiger partial charge on any atom is 0.236 e. The van der Waals surface area contributed by atoms with Crippen LogP contribution in [0.25, 0.3) is 11.3 Å². The van der Waals surface area contributed by atoms with E-state index in [1.165, 1.54) is 23.1 Å². The van der Waals surface area contributed by atoms with Crippen molar-refractivity contribution in [2.75, 3.05) is 11.1 Å². The minimum absolute atomic E-state index is 0.158. The first-order chi connectivity index (χ1) is 15.9. The average molecular weight is 500 g/mol. The van der Waals surface area contributed by atoms with Crippen molar-refractivity contribution in [2.45, 2.75) is 25.1 Å². The summed E-state index contributed by atoms with van der Waals surface area (Å²) in [7, 11) is 1.85. The second-order valence-corrected chi connectivity index (χ2v) is 9.54. The van der Waals surface area contributed by atoms with Gasteiger partial charge in [-0.25, -0.2) is 4.98 Å². The number of nitrogens with one attached hydrogen (secondary N) is 1. The Balaban J connectivity index is 1.34. The summed E-state index contributed by atoms with van der Waals surface area (Å²) >= 11 is 8.94. The normalized spacial score (nSPS) is 11.9. The summed E-state index contributed by atoms with van der Waals surface area (Å²) in [6.07, 6.45) is -0.364. The van der Waals surface area contributed by atoms with Crippen molar-refractivity contribution in [3.63, 3.8) is 0 Å². The third-order valence-electron chi connectivity index (χ3n) is 4.78. The number of aromatic nitrogens is 4. The highest BCUT2D eigenvalue weighted by Crippen LogP contribution is 2.30. The Labute approximate surface area is 205 Å². The maximum absolute atomic E-state index is 12.4. The van der Waals surface area contributed by atoms with Gasteiger partial charge in [-0.05, 0) is 31.5 Å². The lowest BCUT2D eigenvalue weighted by Crippen LogP contribution is -2.14. The van der Waals surface area contributed by atoms with Crippen LogP contribution in [-0.4, -0.2) is 31.4 Å². The molecule has 0 aliphatic carbocycles. The van der Waals surface area contributed by atoms with E-state index < -0.39 is 0 Å². The molecule has 0 saturated carbocycles. The Hall–Kier alpha value is -2.88. The largest absolute Gasteiger partial charge is 0.481 e. The summed E-state index contributed by atoms with van der Waals surface area (Å²) in [5, 5.41) is 15.0. The summed E-state index contributed by atoms with van der Waals surface area (Å²) in [5.41, 5.74) is 2.90. The van der Waals surface area contributed by atoms with Crippen LogP contribution in [0.3, 0.4) is 0 Å². The van der Waals surface area contributed by atoms with Crippen molar-refractivity contribution in [3.05, 3.63) is 70.3 Å². The van der Waals surface area contributed by atoms with Crippen LogP contribution in [0.1, 0.15) is 24.4 Å². The van der Waals surface area contributed by atoms with Gasteiger partial charge in [0.15, 0.2) is 22.2 Å². The Morgan fingerprint density at radius 2 is 2.03 bits per heavy atom. The number of anilines is 1. The number of carbonyl (C=O) groups excluding carboxylic acids is 1. The summed E-state index contributed by atoms with van der Waals surface area (Å²) in [6.45, 7) is 3.86. The number of rotatable bonds is 8. The molecule has 1 amide bonds. The fourth-order valence-corrected chi connectivity index (χ4v) is 4.72. The minimum atomic E-state index is -0.364. The molecule has 2 aromatic heterocycles. The zero-order chi connectivity index (χ0) is 23.4. The topological polar surface area (TPSA) is 81.9 Å². The molecule has 0 spiro atoms. The smallest absolute Gasteiger partial charge is 0.236 e.